The third-order valence-electron chi connectivity index (χ3n) is 4.14. The summed E-state index contributed by atoms with van der Waals surface area (Å²) >= 11 is 0. The Balaban J connectivity index is 1.97. The minimum absolute atomic E-state index is 0.0723. The SMILES string of the molecule is CC(C)/C=C(/Cn1cnc(-c2cc(C(F)(F)F)cc(C(F)(F)F)c2)n1)c1ccoc1. The smallest absolute Gasteiger partial charge is 0.416 e. The molecular formula is C20H17F6N3O. The molecule has 160 valence electrons. The van der Waals surface area contributed by atoms with Gasteiger partial charge in [0, 0.05) is 11.1 Å². The van der Waals surface area contributed by atoms with Gasteiger partial charge in [-0.3, -0.25) is 0 Å². The van der Waals surface area contributed by atoms with Crippen molar-refractivity contribution in [2.24, 2.45) is 5.92 Å². The maximum Gasteiger partial charge on any atom is 0.416 e. The molecule has 0 amide bonds. The van der Waals surface area contributed by atoms with E-state index >= 15 is 0 Å². The first-order valence-electron chi connectivity index (χ1n) is 8.86. The molecule has 0 aliphatic carbocycles. The van der Waals surface area contributed by atoms with Crippen molar-refractivity contribution < 1.29 is 30.8 Å². The van der Waals surface area contributed by atoms with Crippen LogP contribution >= 0.6 is 0 Å². The molecule has 0 saturated carbocycles. The Morgan fingerprint density at radius 1 is 1.07 bits per heavy atom. The van der Waals surface area contributed by atoms with E-state index in [4.69, 9.17) is 4.42 Å². The van der Waals surface area contributed by atoms with Crippen molar-refractivity contribution in [1.82, 2.24) is 14.8 Å². The number of alkyl halides is 6. The normalized spacial score (nSPS) is 13.3. The number of hydrogen-bond donors (Lipinski definition) is 0. The first kappa shape index (κ1) is 21.7. The predicted octanol–water partition coefficient (Wildman–Crippen LogP) is 6.32. The number of allylic oxidation sites excluding steroid dienone is 2. The number of halogens is 6. The van der Waals surface area contributed by atoms with Crippen LogP contribution in [0.4, 0.5) is 26.3 Å². The molecule has 0 bridgehead atoms. The first-order valence-corrected chi connectivity index (χ1v) is 8.86. The quantitative estimate of drug-likeness (QED) is 0.446. The molecule has 0 N–H and O–H groups in total. The largest absolute Gasteiger partial charge is 0.472 e. The summed E-state index contributed by atoms with van der Waals surface area (Å²) in [6.07, 6.45) is -3.62. The van der Waals surface area contributed by atoms with E-state index in [0.29, 0.717) is 12.1 Å². The van der Waals surface area contributed by atoms with Gasteiger partial charge in [-0.05, 0) is 35.8 Å². The average molecular weight is 429 g/mol. The summed E-state index contributed by atoms with van der Waals surface area (Å²) in [6.45, 7) is 4.15. The molecule has 0 atom stereocenters. The summed E-state index contributed by atoms with van der Waals surface area (Å²) < 4.78 is 84.9. The molecule has 2 aromatic heterocycles. The molecule has 0 unspecified atom stereocenters. The van der Waals surface area contributed by atoms with Gasteiger partial charge in [-0.1, -0.05) is 19.9 Å². The van der Waals surface area contributed by atoms with Crippen molar-refractivity contribution in [3.05, 3.63) is 65.9 Å². The van der Waals surface area contributed by atoms with Crippen molar-refractivity contribution in [3.63, 3.8) is 0 Å². The van der Waals surface area contributed by atoms with Gasteiger partial charge in [0.05, 0.1) is 30.2 Å². The lowest BCUT2D eigenvalue weighted by Crippen LogP contribution is -2.11. The Bertz CT molecular complexity index is 997. The lowest BCUT2D eigenvalue weighted by atomic mass is 10.0. The van der Waals surface area contributed by atoms with Gasteiger partial charge in [-0.2, -0.15) is 31.4 Å². The standard InChI is InChI=1S/C20H17F6N3O/c1-12(2)5-15(13-3-4-30-10-13)9-29-11-27-18(28-29)14-6-16(19(21,22)23)8-17(7-14)20(24,25)26/h3-8,10-12H,9H2,1-2H3/b15-5-. The molecule has 3 aromatic rings. The van der Waals surface area contributed by atoms with Crippen molar-refractivity contribution >= 4 is 5.57 Å². The van der Waals surface area contributed by atoms with Gasteiger partial charge in [-0.15, -0.1) is 0 Å². The molecule has 10 heteroatoms. The number of nitrogens with zero attached hydrogens (tertiary/aromatic N) is 3. The van der Waals surface area contributed by atoms with Crippen LogP contribution in [-0.2, 0) is 18.9 Å². The molecule has 0 saturated heterocycles. The Kier molecular flexibility index (Phi) is 5.78. The molecule has 0 aliphatic heterocycles. The summed E-state index contributed by atoms with van der Waals surface area (Å²) in [5.41, 5.74) is -1.58. The van der Waals surface area contributed by atoms with Crippen LogP contribution in [-0.4, -0.2) is 14.8 Å². The van der Waals surface area contributed by atoms with Crippen LogP contribution in [0.3, 0.4) is 0 Å². The maximum atomic E-state index is 13.1. The van der Waals surface area contributed by atoms with E-state index in [9.17, 15) is 26.3 Å². The molecule has 0 fully saturated rings. The second kappa shape index (κ2) is 8.00. The van der Waals surface area contributed by atoms with Crippen molar-refractivity contribution in [2.45, 2.75) is 32.7 Å². The number of aromatic nitrogens is 3. The second-order valence-electron chi connectivity index (χ2n) is 7.01. The fourth-order valence-corrected chi connectivity index (χ4v) is 2.85. The number of hydrogen-bond acceptors (Lipinski definition) is 3. The summed E-state index contributed by atoms with van der Waals surface area (Å²) in [6, 6.07) is 3.03. The summed E-state index contributed by atoms with van der Waals surface area (Å²) in [7, 11) is 0. The highest BCUT2D eigenvalue weighted by Crippen LogP contribution is 2.38. The zero-order valence-electron chi connectivity index (χ0n) is 15.9. The minimum Gasteiger partial charge on any atom is -0.472 e. The number of benzene rings is 1. The van der Waals surface area contributed by atoms with Gasteiger partial charge < -0.3 is 4.42 Å². The average Bonchev–Trinajstić information content (AvgIpc) is 3.31. The Hall–Kier alpha value is -3.04. The molecule has 1 aromatic carbocycles. The van der Waals surface area contributed by atoms with Crippen molar-refractivity contribution in [3.8, 4) is 11.4 Å². The van der Waals surface area contributed by atoms with Crippen LogP contribution in [0.25, 0.3) is 17.0 Å². The molecular weight excluding hydrogens is 412 g/mol. The molecule has 3 rings (SSSR count). The Morgan fingerprint density at radius 3 is 2.20 bits per heavy atom. The van der Waals surface area contributed by atoms with E-state index in [1.165, 1.54) is 23.5 Å². The van der Waals surface area contributed by atoms with Gasteiger partial charge in [0.1, 0.15) is 6.33 Å². The monoisotopic (exact) mass is 429 g/mol. The van der Waals surface area contributed by atoms with E-state index in [0.717, 1.165) is 11.1 Å². The van der Waals surface area contributed by atoms with E-state index in [2.05, 4.69) is 10.1 Å². The molecule has 30 heavy (non-hydrogen) atoms. The fraction of sp³-hybridized carbons (Fsp3) is 0.300. The number of furan rings is 1. The zero-order valence-corrected chi connectivity index (χ0v) is 15.9. The second-order valence-corrected chi connectivity index (χ2v) is 7.01. The Morgan fingerprint density at radius 2 is 1.70 bits per heavy atom. The van der Waals surface area contributed by atoms with Crippen molar-refractivity contribution in [2.75, 3.05) is 0 Å². The molecule has 0 aliphatic rings. The van der Waals surface area contributed by atoms with Crippen molar-refractivity contribution in [1.29, 1.82) is 0 Å². The van der Waals surface area contributed by atoms with Crippen LogP contribution in [0.1, 0.15) is 30.5 Å². The third-order valence-corrected chi connectivity index (χ3v) is 4.14. The highest BCUT2D eigenvalue weighted by molar-refractivity contribution is 5.65. The molecule has 0 radical (unpaired) electrons. The lowest BCUT2D eigenvalue weighted by molar-refractivity contribution is -0.143. The summed E-state index contributed by atoms with van der Waals surface area (Å²) in [5, 5.41) is 4.08. The lowest BCUT2D eigenvalue weighted by Gasteiger charge is -2.13. The van der Waals surface area contributed by atoms with Crippen LogP contribution < -0.4 is 0 Å². The highest BCUT2D eigenvalue weighted by atomic mass is 19.4. The maximum absolute atomic E-state index is 13.1. The predicted molar refractivity (Wildman–Crippen MR) is 97.0 cm³/mol. The summed E-state index contributed by atoms with van der Waals surface area (Å²) in [4.78, 5) is 3.91. The van der Waals surface area contributed by atoms with Crippen LogP contribution in [0.2, 0.25) is 0 Å². The van der Waals surface area contributed by atoms with E-state index in [-0.39, 0.29) is 29.9 Å². The first-order chi connectivity index (χ1) is 13.9. The topological polar surface area (TPSA) is 43.9 Å². The van der Waals surface area contributed by atoms with E-state index in [1.54, 1.807) is 6.07 Å². The molecule has 0 spiro atoms. The van der Waals surface area contributed by atoms with Gasteiger partial charge in [-0.25, -0.2) is 9.67 Å². The van der Waals surface area contributed by atoms with Gasteiger partial charge >= 0.3 is 12.4 Å². The zero-order chi connectivity index (χ0) is 22.1. The number of rotatable bonds is 5. The molecule has 4 nitrogen and oxygen atoms in total. The van der Waals surface area contributed by atoms with Crippen LogP contribution in [0, 0.1) is 5.92 Å². The Labute approximate surface area is 167 Å². The van der Waals surface area contributed by atoms with E-state index in [1.807, 2.05) is 19.9 Å². The third kappa shape index (κ3) is 5.11. The van der Waals surface area contributed by atoms with Gasteiger partial charge in [0.15, 0.2) is 5.82 Å². The molecule has 2 heterocycles. The van der Waals surface area contributed by atoms with E-state index < -0.39 is 23.5 Å². The highest BCUT2D eigenvalue weighted by Gasteiger charge is 2.37. The fourth-order valence-electron chi connectivity index (χ4n) is 2.85. The van der Waals surface area contributed by atoms with Gasteiger partial charge in [0.25, 0.3) is 0 Å². The van der Waals surface area contributed by atoms with Gasteiger partial charge in [0.2, 0.25) is 0 Å². The summed E-state index contributed by atoms with van der Waals surface area (Å²) in [5.74, 6) is -0.0432. The minimum atomic E-state index is -4.94. The van der Waals surface area contributed by atoms with Crippen LogP contribution in [0.15, 0.2) is 53.6 Å². The van der Waals surface area contributed by atoms with Crippen LogP contribution in [0.5, 0.6) is 0 Å².